The molecule has 0 aliphatic rings. The Morgan fingerprint density at radius 2 is 1.45 bits per heavy atom. The van der Waals surface area contributed by atoms with Crippen LogP contribution in [0.15, 0.2) is 108 Å². The van der Waals surface area contributed by atoms with Crippen molar-refractivity contribution >= 4 is 27.5 Å². The number of anilines is 1. The standard InChI is InChI=1S/C28H24BrNO3/c29-26-19-23(22-9-5-2-6-10-22)11-16-27(26)33-20-28(31)30-24-12-14-25(15-13-24)32-18-17-21-7-3-1-4-8-21/h1-16,19H,17-18,20H2,(H,30,31). The van der Waals surface area contributed by atoms with E-state index in [-0.39, 0.29) is 12.5 Å². The lowest BCUT2D eigenvalue weighted by Crippen LogP contribution is -2.20. The maximum Gasteiger partial charge on any atom is 0.262 e. The Bertz CT molecular complexity index is 1180. The second-order valence-corrected chi connectivity index (χ2v) is 8.31. The van der Waals surface area contributed by atoms with Crippen LogP contribution in [0, 0.1) is 0 Å². The first kappa shape index (κ1) is 22.6. The molecule has 0 spiro atoms. The third kappa shape index (κ3) is 6.70. The first-order valence-corrected chi connectivity index (χ1v) is 11.5. The average molecular weight is 502 g/mol. The molecular formula is C28H24BrNO3. The first-order valence-electron chi connectivity index (χ1n) is 10.7. The van der Waals surface area contributed by atoms with Crippen molar-refractivity contribution in [1.29, 1.82) is 0 Å². The van der Waals surface area contributed by atoms with Crippen LogP contribution in [0.3, 0.4) is 0 Å². The van der Waals surface area contributed by atoms with E-state index in [0.717, 1.165) is 27.8 Å². The quantitative estimate of drug-likeness (QED) is 0.275. The lowest BCUT2D eigenvalue weighted by molar-refractivity contribution is -0.118. The van der Waals surface area contributed by atoms with E-state index >= 15 is 0 Å². The van der Waals surface area contributed by atoms with Gasteiger partial charge in [0.05, 0.1) is 11.1 Å². The summed E-state index contributed by atoms with van der Waals surface area (Å²) in [5.74, 6) is 1.15. The number of nitrogens with one attached hydrogen (secondary N) is 1. The molecule has 4 nitrogen and oxygen atoms in total. The highest BCUT2D eigenvalue weighted by Gasteiger charge is 2.08. The number of carbonyl (C=O) groups excluding carboxylic acids is 1. The SMILES string of the molecule is O=C(COc1ccc(-c2ccccc2)cc1Br)Nc1ccc(OCCc2ccccc2)cc1. The average Bonchev–Trinajstić information content (AvgIpc) is 2.85. The summed E-state index contributed by atoms with van der Waals surface area (Å²) in [4.78, 5) is 12.3. The number of ether oxygens (including phenoxy) is 2. The third-order valence-electron chi connectivity index (χ3n) is 5.04. The molecule has 0 heterocycles. The van der Waals surface area contributed by atoms with E-state index in [4.69, 9.17) is 9.47 Å². The van der Waals surface area contributed by atoms with Crippen LogP contribution in [0.5, 0.6) is 11.5 Å². The molecule has 4 rings (SSSR count). The van der Waals surface area contributed by atoms with Gasteiger partial charge in [-0.25, -0.2) is 0 Å². The molecule has 5 heteroatoms. The highest BCUT2D eigenvalue weighted by atomic mass is 79.9. The van der Waals surface area contributed by atoms with Gasteiger partial charge in [0.15, 0.2) is 6.61 Å². The summed E-state index contributed by atoms with van der Waals surface area (Å²) in [5, 5.41) is 2.84. The largest absolute Gasteiger partial charge is 0.493 e. The predicted octanol–water partition coefficient (Wildman–Crippen LogP) is 6.76. The molecule has 0 aromatic heterocycles. The van der Waals surface area contributed by atoms with E-state index in [9.17, 15) is 4.79 Å². The summed E-state index contributed by atoms with van der Waals surface area (Å²) >= 11 is 3.53. The topological polar surface area (TPSA) is 47.6 Å². The second-order valence-electron chi connectivity index (χ2n) is 7.46. The molecule has 0 saturated carbocycles. The van der Waals surface area contributed by atoms with Crippen molar-refractivity contribution in [3.63, 3.8) is 0 Å². The number of rotatable bonds is 9. The number of hydrogen-bond acceptors (Lipinski definition) is 3. The summed E-state index contributed by atoms with van der Waals surface area (Å²) in [6.07, 6.45) is 0.846. The second kappa shape index (κ2) is 11.3. The number of hydrogen-bond donors (Lipinski definition) is 1. The van der Waals surface area contributed by atoms with Gasteiger partial charge in [0.25, 0.3) is 5.91 Å². The fourth-order valence-electron chi connectivity index (χ4n) is 3.33. The van der Waals surface area contributed by atoms with Crippen molar-refractivity contribution < 1.29 is 14.3 Å². The molecule has 0 unspecified atom stereocenters. The van der Waals surface area contributed by atoms with Gasteiger partial charge in [-0.05, 0) is 69.0 Å². The molecule has 0 radical (unpaired) electrons. The molecule has 33 heavy (non-hydrogen) atoms. The van der Waals surface area contributed by atoms with Crippen LogP contribution in [0.25, 0.3) is 11.1 Å². The molecule has 1 amide bonds. The van der Waals surface area contributed by atoms with Gasteiger partial charge >= 0.3 is 0 Å². The van der Waals surface area contributed by atoms with Gasteiger partial charge in [-0.2, -0.15) is 0 Å². The fourth-order valence-corrected chi connectivity index (χ4v) is 3.83. The Morgan fingerprint density at radius 3 is 2.15 bits per heavy atom. The molecule has 4 aromatic carbocycles. The molecule has 0 atom stereocenters. The normalized spacial score (nSPS) is 10.5. The summed E-state index contributed by atoms with van der Waals surface area (Å²) in [7, 11) is 0. The van der Waals surface area contributed by atoms with Gasteiger partial charge in [-0.3, -0.25) is 4.79 Å². The third-order valence-corrected chi connectivity index (χ3v) is 5.66. The molecular weight excluding hydrogens is 478 g/mol. The molecule has 0 fully saturated rings. The Balaban J connectivity index is 1.24. The van der Waals surface area contributed by atoms with Gasteiger partial charge in [0, 0.05) is 12.1 Å². The van der Waals surface area contributed by atoms with Crippen molar-refractivity contribution in [3.05, 3.63) is 113 Å². The van der Waals surface area contributed by atoms with E-state index in [2.05, 4.69) is 45.5 Å². The van der Waals surface area contributed by atoms with E-state index < -0.39 is 0 Å². The van der Waals surface area contributed by atoms with Crippen LogP contribution >= 0.6 is 15.9 Å². The number of carbonyl (C=O) groups is 1. The lowest BCUT2D eigenvalue weighted by Gasteiger charge is -2.11. The summed E-state index contributed by atoms with van der Waals surface area (Å²) in [6.45, 7) is 0.514. The van der Waals surface area contributed by atoms with Crippen molar-refractivity contribution in [1.82, 2.24) is 0 Å². The van der Waals surface area contributed by atoms with E-state index in [1.807, 2.05) is 78.9 Å². The molecule has 1 N–H and O–H groups in total. The van der Waals surface area contributed by atoms with Gasteiger partial charge in [-0.15, -0.1) is 0 Å². The van der Waals surface area contributed by atoms with Gasteiger partial charge in [-0.1, -0.05) is 66.7 Å². The smallest absolute Gasteiger partial charge is 0.262 e. The van der Waals surface area contributed by atoms with Crippen LogP contribution in [0.2, 0.25) is 0 Å². The Kier molecular flexibility index (Phi) is 7.77. The molecule has 4 aromatic rings. The minimum atomic E-state index is -0.230. The lowest BCUT2D eigenvalue weighted by atomic mass is 10.1. The van der Waals surface area contributed by atoms with Gasteiger partial charge in [0.1, 0.15) is 11.5 Å². The van der Waals surface area contributed by atoms with E-state index in [1.54, 1.807) is 0 Å². The molecule has 0 bridgehead atoms. The van der Waals surface area contributed by atoms with Crippen LogP contribution in [0.4, 0.5) is 5.69 Å². The van der Waals surface area contributed by atoms with Crippen molar-refractivity contribution in [2.45, 2.75) is 6.42 Å². The highest BCUT2D eigenvalue weighted by Crippen LogP contribution is 2.30. The maximum absolute atomic E-state index is 12.3. The van der Waals surface area contributed by atoms with Gasteiger partial charge < -0.3 is 14.8 Å². The first-order chi connectivity index (χ1) is 16.2. The van der Waals surface area contributed by atoms with Crippen LogP contribution in [-0.4, -0.2) is 19.1 Å². The zero-order valence-corrected chi connectivity index (χ0v) is 19.6. The molecule has 166 valence electrons. The number of benzene rings is 4. The maximum atomic E-state index is 12.3. The Labute approximate surface area is 202 Å². The minimum Gasteiger partial charge on any atom is -0.493 e. The minimum absolute atomic E-state index is 0.0847. The fraction of sp³-hybridized carbons (Fsp3) is 0.107. The Hall–Kier alpha value is -3.57. The zero-order chi connectivity index (χ0) is 22.9. The number of halogens is 1. The number of amides is 1. The monoisotopic (exact) mass is 501 g/mol. The van der Waals surface area contributed by atoms with Crippen LogP contribution in [-0.2, 0) is 11.2 Å². The summed E-state index contributed by atoms with van der Waals surface area (Å²) in [6, 6.07) is 33.5. The van der Waals surface area contributed by atoms with Crippen LogP contribution < -0.4 is 14.8 Å². The highest BCUT2D eigenvalue weighted by molar-refractivity contribution is 9.10. The van der Waals surface area contributed by atoms with Crippen molar-refractivity contribution in [2.75, 3.05) is 18.5 Å². The van der Waals surface area contributed by atoms with Crippen LogP contribution in [0.1, 0.15) is 5.56 Å². The van der Waals surface area contributed by atoms with E-state index in [0.29, 0.717) is 18.0 Å². The molecule has 0 aliphatic carbocycles. The summed E-state index contributed by atoms with van der Waals surface area (Å²) < 4.78 is 12.3. The molecule has 0 saturated heterocycles. The molecule has 0 aliphatic heterocycles. The van der Waals surface area contributed by atoms with Crippen molar-refractivity contribution in [3.8, 4) is 22.6 Å². The van der Waals surface area contributed by atoms with Crippen molar-refractivity contribution in [2.24, 2.45) is 0 Å². The van der Waals surface area contributed by atoms with E-state index in [1.165, 1.54) is 5.56 Å². The zero-order valence-electron chi connectivity index (χ0n) is 18.0. The summed E-state index contributed by atoms with van der Waals surface area (Å²) in [5.41, 5.74) is 4.13. The predicted molar refractivity (Wildman–Crippen MR) is 136 cm³/mol. The Morgan fingerprint density at radius 1 is 0.758 bits per heavy atom. The van der Waals surface area contributed by atoms with Gasteiger partial charge in [0.2, 0.25) is 0 Å².